The van der Waals surface area contributed by atoms with Crippen LogP contribution < -0.4 is 19.9 Å². The molecule has 0 aliphatic carbocycles. The van der Waals surface area contributed by atoms with Gasteiger partial charge in [0.2, 0.25) is 0 Å². The fourth-order valence-electron chi connectivity index (χ4n) is 3.18. The molecule has 0 radical (unpaired) electrons. The molecule has 32 heavy (non-hydrogen) atoms. The summed E-state index contributed by atoms with van der Waals surface area (Å²) in [6.07, 6.45) is 2.07. The zero-order valence-electron chi connectivity index (χ0n) is 18.5. The van der Waals surface area contributed by atoms with Crippen molar-refractivity contribution in [3.8, 4) is 11.5 Å². The van der Waals surface area contributed by atoms with Crippen molar-refractivity contribution >= 4 is 11.4 Å². The highest BCUT2D eigenvalue weighted by atomic mass is 32.2. The number of nitrogens with two attached hydrogens (primary N) is 1. The largest absolute Gasteiger partial charge is 0.598 e. The predicted octanol–water partition coefficient (Wildman–Crippen LogP) is 4.73. The molecule has 0 heterocycles. The number of benzene rings is 3. The first kappa shape index (κ1) is 24.1. The number of hydrogen-bond donors (Lipinski definition) is 2. The average Bonchev–Trinajstić information content (AvgIpc) is 2.82. The summed E-state index contributed by atoms with van der Waals surface area (Å²) in [5.74, 6) is 1.96. The van der Waals surface area contributed by atoms with E-state index in [0.717, 1.165) is 29.5 Å². The minimum Gasteiger partial charge on any atom is -0.598 e. The van der Waals surface area contributed by atoms with Crippen LogP contribution in [0.3, 0.4) is 0 Å². The lowest BCUT2D eigenvalue weighted by atomic mass is 10.1. The van der Waals surface area contributed by atoms with Crippen LogP contribution in [-0.4, -0.2) is 16.5 Å². The first-order chi connectivity index (χ1) is 15.6. The molecule has 5 nitrogen and oxygen atoms in total. The van der Waals surface area contributed by atoms with Crippen LogP contribution in [0.5, 0.6) is 11.5 Å². The monoisotopic (exact) mass is 452 g/mol. The fourth-order valence-corrected chi connectivity index (χ4v) is 4.27. The van der Waals surface area contributed by atoms with Crippen molar-refractivity contribution in [1.29, 1.82) is 0 Å². The molecule has 1 unspecified atom stereocenters. The van der Waals surface area contributed by atoms with Gasteiger partial charge in [0.25, 0.3) is 0 Å². The van der Waals surface area contributed by atoms with Crippen molar-refractivity contribution in [2.45, 2.75) is 45.6 Å². The molecular formula is C26H32N2O3S. The Morgan fingerprint density at radius 2 is 1.44 bits per heavy atom. The van der Waals surface area contributed by atoms with Crippen molar-refractivity contribution in [2.24, 2.45) is 5.73 Å². The minimum absolute atomic E-state index is 0.397. The molecule has 0 aromatic heterocycles. The van der Waals surface area contributed by atoms with Gasteiger partial charge in [0.05, 0.1) is 0 Å². The molecule has 0 spiro atoms. The lowest BCUT2D eigenvalue weighted by Crippen LogP contribution is -2.43. The van der Waals surface area contributed by atoms with Gasteiger partial charge in [-0.25, -0.2) is 0 Å². The van der Waals surface area contributed by atoms with Gasteiger partial charge in [0.1, 0.15) is 25.1 Å². The van der Waals surface area contributed by atoms with E-state index >= 15 is 0 Å². The lowest BCUT2D eigenvalue weighted by molar-refractivity contribution is 0.255. The molecule has 0 amide bonds. The van der Waals surface area contributed by atoms with Crippen molar-refractivity contribution in [3.05, 3.63) is 95.6 Å². The summed E-state index contributed by atoms with van der Waals surface area (Å²) in [6.45, 7) is 2.98. The highest BCUT2D eigenvalue weighted by molar-refractivity contribution is 7.89. The van der Waals surface area contributed by atoms with Crippen LogP contribution in [0.2, 0.25) is 0 Å². The molecule has 170 valence electrons. The summed E-state index contributed by atoms with van der Waals surface area (Å²) >= 11 is -1.12. The number of hydrogen-bond acceptors (Lipinski definition) is 5. The van der Waals surface area contributed by atoms with Crippen LogP contribution in [0.4, 0.5) is 0 Å². The summed E-state index contributed by atoms with van der Waals surface area (Å²) in [5, 5.41) is 0. The van der Waals surface area contributed by atoms with E-state index in [1.165, 1.54) is 0 Å². The molecule has 0 aliphatic heterocycles. The Morgan fingerprint density at radius 1 is 0.844 bits per heavy atom. The van der Waals surface area contributed by atoms with Crippen molar-refractivity contribution < 1.29 is 14.0 Å². The molecule has 3 aromatic carbocycles. The van der Waals surface area contributed by atoms with Crippen molar-refractivity contribution in [2.75, 3.05) is 5.75 Å². The van der Waals surface area contributed by atoms with Gasteiger partial charge in [-0.1, -0.05) is 80.1 Å². The van der Waals surface area contributed by atoms with E-state index in [9.17, 15) is 4.55 Å². The van der Waals surface area contributed by atoms with E-state index in [4.69, 9.17) is 15.2 Å². The van der Waals surface area contributed by atoms with Crippen LogP contribution in [0.15, 0.2) is 78.9 Å². The van der Waals surface area contributed by atoms with Gasteiger partial charge in [0, 0.05) is 17.8 Å². The standard InChI is InChI=1S/C26H32N2O3S/c1-2-3-16-32(29)28-26(27)18-23-14-15-24(30-19-21-10-6-4-7-11-21)25(17-23)31-20-22-12-8-5-9-13-22/h4-15,17,26,28H,2-3,16,18-20,27H2,1H3/t26-,32?/m0/s1. The third-order valence-corrected chi connectivity index (χ3v) is 6.13. The Kier molecular flexibility index (Phi) is 9.91. The van der Waals surface area contributed by atoms with Crippen LogP contribution >= 0.6 is 0 Å². The van der Waals surface area contributed by atoms with Crippen LogP contribution in [0.1, 0.15) is 36.5 Å². The molecule has 0 fully saturated rings. The first-order valence-electron chi connectivity index (χ1n) is 11.0. The molecule has 0 saturated heterocycles. The summed E-state index contributed by atoms with van der Waals surface area (Å²) in [6, 6.07) is 25.9. The average molecular weight is 453 g/mol. The maximum atomic E-state index is 12.1. The lowest BCUT2D eigenvalue weighted by Gasteiger charge is -2.18. The second kappa shape index (κ2) is 13.1. The van der Waals surface area contributed by atoms with Gasteiger partial charge in [-0.05, 0) is 35.2 Å². The molecule has 0 saturated carbocycles. The molecule has 6 heteroatoms. The van der Waals surface area contributed by atoms with Crippen LogP contribution in [-0.2, 0) is 31.0 Å². The summed E-state index contributed by atoms with van der Waals surface area (Å²) in [4.78, 5) is 0. The second-order valence-electron chi connectivity index (χ2n) is 7.66. The van der Waals surface area contributed by atoms with Gasteiger partial charge in [-0.3, -0.25) is 0 Å². The fraction of sp³-hybridized carbons (Fsp3) is 0.308. The molecule has 3 rings (SSSR count). The Morgan fingerprint density at radius 3 is 2.03 bits per heavy atom. The van der Waals surface area contributed by atoms with Gasteiger partial charge < -0.3 is 19.8 Å². The van der Waals surface area contributed by atoms with Gasteiger partial charge in [0.15, 0.2) is 11.5 Å². The Hall–Kier alpha value is -2.51. The third kappa shape index (κ3) is 8.20. The zero-order valence-corrected chi connectivity index (χ0v) is 19.4. The van der Waals surface area contributed by atoms with Crippen molar-refractivity contribution in [3.63, 3.8) is 0 Å². The van der Waals surface area contributed by atoms with E-state index in [-0.39, 0.29) is 0 Å². The Bertz CT molecular complexity index is 925. The zero-order chi connectivity index (χ0) is 22.6. The van der Waals surface area contributed by atoms with E-state index in [1.54, 1.807) is 0 Å². The van der Waals surface area contributed by atoms with Crippen molar-refractivity contribution in [1.82, 2.24) is 4.72 Å². The number of ether oxygens (including phenoxy) is 2. The summed E-state index contributed by atoms with van der Waals surface area (Å²) in [7, 11) is 0. The van der Waals surface area contributed by atoms with Gasteiger partial charge >= 0.3 is 0 Å². The Labute approximate surface area is 194 Å². The normalized spacial score (nSPS) is 12.8. The van der Waals surface area contributed by atoms with E-state index < -0.39 is 17.5 Å². The van der Waals surface area contributed by atoms with Crippen LogP contribution in [0, 0.1) is 0 Å². The maximum Gasteiger partial charge on any atom is 0.161 e. The topological polar surface area (TPSA) is 79.6 Å². The second-order valence-corrected chi connectivity index (χ2v) is 9.00. The SMILES string of the molecule is CCCC[S+]([O-])N[C@H](N)Cc1ccc(OCc2ccccc2)c(OCc2ccccc2)c1. The number of rotatable bonds is 13. The van der Waals surface area contributed by atoms with Gasteiger partial charge in [-0.2, -0.15) is 0 Å². The molecule has 3 N–H and O–H groups in total. The van der Waals surface area contributed by atoms with E-state index in [2.05, 4.69) is 11.6 Å². The molecule has 0 aliphatic rings. The predicted molar refractivity (Wildman–Crippen MR) is 131 cm³/mol. The minimum atomic E-state index is -1.12. The molecular weight excluding hydrogens is 420 g/mol. The molecule has 2 atom stereocenters. The summed E-state index contributed by atoms with van der Waals surface area (Å²) in [5.41, 5.74) is 9.35. The third-order valence-electron chi connectivity index (χ3n) is 4.90. The summed E-state index contributed by atoms with van der Waals surface area (Å²) < 4.78 is 27.2. The number of nitrogens with one attached hydrogen (secondary N) is 1. The number of unbranched alkanes of at least 4 members (excludes halogenated alkanes) is 1. The van der Waals surface area contributed by atoms with Crippen LogP contribution in [0.25, 0.3) is 0 Å². The Balaban J connectivity index is 1.68. The maximum absolute atomic E-state index is 12.1. The molecule has 3 aromatic rings. The quantitative estimate of drug-likeness (QED) is 0.290. The van der Waals surface area contributed by atoms with E-state index in [0.29, 0.717) is 36.9 Å². The molecule has 0 bridgehead atoms. The smallest absolute Gasteiger partial charge is 0.161 e. The van der Waals surface area contributed by atoms with Gasteiger partial charge in [-0.15, -0.1) is 4.72 Å². The van der Waals surface area contributed by atoms with E-state index in [1.807, 2.05) is 78.9 Å². The highest BCUT2D eigenvalue weighted by Crippen LogP contribution is 2.30. The first-order valence-corrected chi connectivity index (χ1v) is 12.3. The highest BCUT2D eigenvalue weighted by Gasteiger charge is 2.15.